The van der Waals surface area contributed by atoms with Gasteiger partial charge in [0.25, 0.3) is 0 Å². The second kappa shape index (κ2) is 12.1. The summed E-state index contributed by atoms with van der Waals surface area (Å²) in [5, 5.41) is 6.73. The number of methoxy groups -OCH3 is 3. The molecule has 3 aromatic carbocycles. The molecular formula is C38H46N2O5. The van der Waals surface area contributed by atoms with E-state index in [0.717, 1.165) is 48.1 Å². The van der Waals surface area contributed by atoms with Gasteiger partial charge >= 0.3 is 0 Å². The number of rotatable bonds is 7. The van der Waals surface area contributed by atoms with E-state index in [2.05, 4.69) is 48.7 Å². The Labute approximate surface area is 266 Å². The molecule has 0 aliphatic heterocycles. The van der Waals surface area contributed by atoms with Crippen LogP contribution in [0.15, 0.2) is 53.3 Å². The number of amides is 1. The average molecular weight is 611 g/mol. The van der Waals surface area contributed by atoms with Gasteiger partial charge < -0.3 is 24.8 Å². The third kappa shape index (κ3) is 5.34. The molecule has 0 bridgehead atoms. The van der Waals surface area contributed by atoms with Crippen LogP contribution in [-0.2, 0) is 23.1 Å². The van der Waals surface area contributed by atoms with Gasteiger partial charge in [0.2, 0.25) is 17.1 Å². The smallest absolute Gasteiger partial charge is 0.217 e. The number of carbonyl (C=O) groups is 1. The summed E-state index contributed by atoms with van der Waals surface area (Å²) in [7, 11) is 4.82. The Hall–Kier alpha value is -4.00. The largest absolute Gasteiger partial charge is 0.493 e. The number of aryl methyl sites for hydroxylation is 2. The zero-order valence-electron chi connectivity index (χ0n) is 27.5. The Bertz CT molecular complexity index is 1690. The molecule has 0 radical (unpaired) electrons. The fraction of sp³-hybridized carbons (Fsp3) is 0.474. The Balaban J connectivity index is 1.41. The van der Waals surface area contributed by atoms with Gasteiger partial charge in [-0.15, -0.1) is 0 Å². The normalized spacial score (nSPS) is 24.9. The lowest BCUT2D eigenvalue weighted by Gasteiger charge is -2.55. The fourth-order valence-electron chi connectivity index (χ4n) is 8.92. The lowest BCUT2D eigenvalue weighted by molar-refractivity contribution is -0.119. The van der Waals surface area contributed by atoms with Crippen LogP contribution >= 0.6 is 0 Å². The van der Waals surface area contributed by atoms with Crippen molar-refractivity contribution in [3.8, 4) is 28.4 Å². The highest BCUT2D eigenvalue weighted by Crippen LogP contribution is 2.57. The molecule has 3 aliphatic rings. The molecule has 0 heterocycles. The van der Waals surface area contributed by atoms with Gasteiger partial charge in [-0.1, -0.05) is 50.6 Å². The van der Waals surface area contributed by atoms with Gasteiger partial charge in [-0.25, -0.2) is 0 Å². The maximum Gasteiger partial charge on any atom is 0.217 e. The molecule has 2 N–H and O–H groups in total. The highest BCUT2D eigenvalue weighted by atomic mass is 16.5. The molecule has 1 saturated carbocycles. The van der Waals surface area contributed by atoms with Crippen LogP contribution in [0, 0.1) is 11.3 Å². The van der Waals surface area contributed by atoms with Crippen LogP contribution in [0.25, 0.3) is 11.1 Å². The van der Waals surface area contributed by atoms with Gasteiger partial charge in [0.05, 0.1) is 33.1 Å². The third-order valence-electron chi connectivity index (χ3n) is 11.0. The molecule has 1 fully saturated rings. The highest BCUT2D eigenvalue weighted by Gasteiger charge is 2.51. The van der Waals surface area contributed by atoms with E-state index in [9.17, 15) is 9.59 Å². The summed E-state index contributed by atoms with van der Waals surface area (Å²) in [5.74, 6) is 2.01. The molecule has 4 atom stereocenters. The van der Waals surface area contributed by atoms with Crippen molar-refractivity contribution in [1.29, 1.82) is 0 Å². The van der Waals surface area contributed by atoms with Gasteiger partial charge in [-0.3, -0.25) is 9.59 Å². The van der Waals surface area contributed by atoms with Crippen molar-refractivity contribution < 1.29 is 19.0 Å². The molecule has 1 amide bonds. The molecule has 7 heteroatoms. The monoisotopic (exact) mass is 610 g/mol. The predicted molar refractivity (Wildman–Crippen MR) is 179 cm³/mol. The van der Waals surface area contributed by atoms with Crippen molar-refractivity contribution >= 4 is 11.6 Å². The van der Waals surface area contributed by atoms with E-state index in [4.69, 9.17) is 14.2 Å². The number of hydrogen-bond acceptors (Lipinski definition) is 6. The van der Waals surface area contributed by atoms with Crippen molar-refractivity contribution in [1.82, 2.24) is 5.32 Å². The number of fused-ring (bicyclic) bond motifs is 6. The predicted octanol–water partition coefficient (Wildman–Crippen LogP) is 6.99. The van der Waals surface area contributed by atoms with E-state index in [0.29, 0.717) is 41.7 Å². The molecule has 0 saturated heterocycles. The number of carbonyl (C=O) groups excluding carboxylic acids is 1. The first-order chi connectivity index (χ1) is 21.6. The van der Waals surface area contributed by atoms with Crippen LogP contribution in [0.4, 0.5) is 5.69 Å². The topological polar surface area (TPSA) is 85.9 Å². The van der Waals surface area contributed by atoms with E-state index in [-0.39, 0.29) is 28.2 Å². The van der Waals surface area contributed by atoms with Crippen molar-refractivity contribution in [2.24, 2.45) is 11.3 Å². The fourth-order valence-corrected chi connectivity index (χ4v) is 8.92. The van der Waals surface area contributed by atoms with Gasteiger partial charge in [-0.2, -0.15) is 0 Å². The van der Waals surface area contributed by atoms with Crippen molar-refractivity contribution in [3.05, 3.63) is 81.0 Å². The Morgan fingerprint density at radius 2 is 1.67 bits per heavy atom. The highest BCUT2D eigenvalue weighted by molar-refractivity contribution is 5.83. The summed E-state index contributed by atoms with van der Waals surface area (Å²) in [6.45, 7) is 7.11. The molecule has 238 valence electrons. The lowest BCUT2D eigenvalue weighted by atomic mass is 9.50. The first kappa shape index (κ1) is 31.0. The molecule has 7 nitrogen and oxygen atoms in total. The van der Waals surface area contributed by atoms with Crippen LogP contribution in [0.3, 0.4) is 0 Å². The number of ether oxygens (including phenoxy) is 3. The number of nitrogens with one attached hydrogen (secondary N) is 2. The molecule has 0 aromatic heterocycles. The number of anilines is 1. The maximum absolute atomic E-state index is 14.0. The molecular weight excluding hydrogens is 564 g/mol. The molecule has 6 rings (SSSR count). The minimum absolute atomic E-state index is 0.0386. The van der Waals surface area contributed by atoms with E-state index in [1.807, 2.05) is 18.2 Å². The summed E-state index contributed by atoms with van der Waals surface area (Å²) < 4.78 is 17.3. The summed E-state index contributed by atoms with van der Waals surface area (Å²) >= 11 is 0. The lowest BCUT2D eigenvalue weighted by Crippen LogP contribution is -2.51. The van der Waals surface area contributed by atoms with Crippen LogP contribution in [0.2, 0.25) is 0 Å². The van der Waals surface area contributed by atoms with Gasteiger partial charge in [0.15, 0.2) is 11.5 Å². The Morgan fingerprint density at radius 1 is 0.911 bits per heavy atom. The number of hydrogen-bond donors (Lipinski definition) is 2. The molecule has 0 spiro atoms. The van der Waals surface area contributed by atoms with Crippen LogP contribution in [-0.4, -0.2) is 33.8 Å². The summed E-state index contributed by atoms with van der Waals surface area (Å²) in [6.07, 6.45) is 7.05. The van der Waals surface area contributed by atoms with Crippen molar-refractivity contribution in [2.45, 2.75) is 77.2 Å². The zero-order valence-corrected chi connectivity index (χ0v) is 27.5. The van der Waals surface area contributed by atoms with Gasteiger partial charge in [0, 0.05) is 19.0 Å². The second-order valence-electron chi connectivity index (χ2n) is 13.6. The first-order valence-corrected chi connectivity index (χ1v) is 16.2. The van der Waals surface area contributed by atoms with E-state index in [1.54, 1.807) is 27.4 Å². The van der Waals surface area contributed by atoms with Gasteiger partial charge in [-0.05, 0) is 101 Å². The third-order valence-corrected chi connectivity index (χ3v) is 11.0. The summed E-state index contributed by atoms with van der Waals surface area (Å²) in [4.78, 5) is 26.3. The Kier molecular flexibility index (Phi) is 8.31. The molecule has 3 aromatic rings. The van der Waals surface area contributed by atoms with E-state index < -0.39 is 0 Å². The SMILES string of the molecule is COc1cc2c(c(OC)c1OC)-c1ccc(NC[C@]3(C)CCC[C@]4(C)c5ccccc5CC[C@@H]34)c(=O)cc1[C@H](NC(C)=O)CC2. The van der Waals surface area contributed by atoms with Crippen LogP contribution in [0.1, 0.15) is 81.2 Å². The quantitative estimate of drug-likeness (QED) is 0.300. The standard InChI is InChI=1S/C38H46N2O5/c1-23(41)40-29-15-12-25-20-32(43-4)35(44-5)36(45-6)34(25)26-14-16-30(31(42)21-27(26)29)39-22-37(2)18-9-19-38(3)28-11-8-7-10-24(28)13-17-33(37)38/h7-8,10-11,14,16,20-21,29,33H,9,12-13,15,17-19,22H2,1-6H3,(H,39,42)(H,40,41)/t29-,33+,37+,38-/m1/s1. The molecule has 3 aliphatic carbocycles. The summed E-state index contributed by atoms with van der Waals surface area (Å²) in [6, 6.07) is 16.2. The van der Waals surface area contributed by atoms with Crippen molar-refractivity contribution in [3.63, 3.8) is 0 Å². The van der Waals surface area contributed by atoms with E-state index >= 15 is 0 Å². The van der Waals surface area contributed by atoms with E-state index in [1.165, 1.54) is 30.9 Å². The van der Waals surface area contributed by atoms with Crippen LogP contribution in [0.5, 0.6) is 17.2 Å². The molecule has 45 heavy (non-hydrogen) atoms. The summed E-state index contributed by atoms with van der Waals surface area (Å²) in [5.41, 5.74) is 7.12. The Morgan fingerprint density at radius 3 is 2.40 bits per heavy atom. The minimum Gasteiger partial charge on any atom is -0.493 e. The van der Waals surface area contributed by atoms with Crippen molar-refractivity contribution in [2.75, 3.05) is 33.2 Å². The van der Waals surface area contributed by atoms with Crippen LogP contribution < -0.4 is 30.3 Å². The first-order valence-electron chi connectivity index (χ1n) is 16.2. The molecule has 0 unspecified atom stereocenters. The zero-order chi connectivity index (χ0) is 31.9. The number of benzene rings is 2. The van der Waals surface area contributed by atoms with Gasteiger partial charge in [0.1, 0.15) is 0 Å². The maximum atomic E-state index is 14.0. The average Bonchev–Trinajstić information content (AvgIpc) is 3.27. The minimum atomic E-state index is -0.335. The second-order valence-corrected chi connectivity index (χ2v) is 13.6.